The first-order chi connectivity index (χ1) is 13.2. The molecule has 0 radical (unpaired) electrons. The van der Waals surface area contributed by atoms with Gasteiger partial charge in [-0.2, -0.15) is 10.2 Å². The highest BCUT2D eigenvalue weighted by molar-refractivity contribution is 9.10. The Hall–Kier alpha value is -3.07. The Morgan fingerprint density at radius 1 is 1.07 bits per heavy atom. The Kier molecular flexibility index (Phi) is 3.75. The SMILES string of the molecule is Cc1nn(CCc2nc3c4cnn(-c5ccccc5)c4ncn3n2)cc1Br. The van der Waals surface area contributed by atoms with Crippen molar-refractivity contribution in [3.8, 4) is 5.69 Å². The van der Waals surface area contributed by atoms with Gasteiger partial charge in [0.25, 0.3) is 0 Å². The van der Waals surface area contributed by atoms with E-state index in [2.05, 4.69) is 36.2 Å². The van der Waals surface area contributed by atoms with Gasteiger partial charge >= 0.3 is 0 Å². The third kappa shape index (κ3) is 2.80. The molecule has 4 heterocycles. The third-order valence-electron chi connectivity index (χ3n) is 4.40. The van der Waals surface area contributed by atoms with E-state index in [0.29, 0.717) is 13.0 Å². The van der Waals surface area contributed by atoms with Crippen molar-refractivity contribution in [2.75, 3.05) is 0 Å². The molecule has 0 saturated heterocycles. The fraction of sp³-hybridized carbons (Fsp3) is 0.167. The molecule has 4 aromatic heterocycles. The monoisotopic (exact) mass is 422 g/mol. The zero-order chi connectivity index (χ0) is 18.4. The Bertz CT molecular complexity index is 1230. The molecule has 0 fully saturated rings. The van der Waals surface area contributed by atoms with Crippen molar-refractivity contribution in [3.63, 3.8) is 0 Å². The van der Waals surface area contributed by atoms with E-state index in [1.54, 1.807) is 17.0 Å². The fourth-order valence-electron chi connectivity index (χ4n) is 3.05. The van der Waals surface area contributed by atoms with Crippen molar-refractivity contribution >= 4 is 32.6 Å². The van der Waals surface area contributed by atoms with E-state index >= 15 is 0 Å². The fourth-order valence-corrected chi connectivity index (χ4v) is 3.37. The summed E-state index contributed by atoms with van der Waals surface area (Å²) in [6.45, 7) is 2.68. The van der Waals surface area contributed by atoms with Gasteiger partial charge in [0.15, 0.2) is 17.1 Å². The molecule has 0 unspecified atom stereocenters. The molecule has 27 heavy (non-hydrogen) atoms. The maximum Gasteiger partial charge on any atom is 0.170 e. The van der Waals surface area contributed by atoms with Crippen molar-refractivity contribution < 1.29 is 0 Å². The highest BCUT2D eigenvalue weighted by Gasteiger charge is 2.13. The van der Waals surface area contributed by atoms with E-state index in [4.69, 9.17) is 4.98 Å². The van der Waals surface area contributed by atoms with Gasteiger partial charge in [0.1, 0.15) is 6.33 Å². The predicted octanol–water partition coefficient (Wildman–Crippen LogP) is 2.97. The van der Waals surface area contributed by atoms with Gasteiger partial charge in [0, 0.05) is 19.2 Å². The molecule has 0 bridgehead atoms. The van der Waals surface area contributed by atoms with Gasteiger partial charge < -0.3 is 0 Å². The molecular formula is C18H15BrN8. The molecule has 5 rings (SSSR count). The lowest BCUT2D eigenvalue weighted by molar-refractivity contribution is 0.595. The van der Waals surface area contributed by atoms with Crippen LogP contribution in [-0.2, 0) is 13.0 Å². The average molecular weight is 423 g/mol. The number of para-hydroxylation sites is 1. The molecule has 0 aliphatic carbocycles. The zero-order valence-electron chi connectivity index (χ0n) is 14.5. The molecular weight excluding hydrogens is 408 g/mol. The summed E-state index contributed by atoms with van der Waals surface area (Å²) < 4.78 is 6.42. The highest BCUT2D eigenvalue weighted by atomic mass is 79.9. The van der Waals surface area contributed by atoms with Crippen molar-refractivity contribution in [3.05, 3.63) is 65.0 Å². The summed E-state index contributed by atoms with van der Waals surface area (Å²) in [5.74, 6) is 0.751. The van der Waals surface area contributed by atoms with Gasteiger partial charge in [-0.25, -0.2) is 19.2 Å². The number of nitrogens with zero attached hydrogens (tertiary/aromatic N) is 8. The Labute approximate surface area is 162 Å². The summed E-state index contributed by atoms with van der Waals surface area (Å²) in [6.07, 6.45) is 6.12. The third-order valence-corrected chi connectivity index (χ3v) is 5.18. The minimum Gasteiger partial charge on any atom is -0.271 e. The van der Waals surface area contributed by atoms with Crippen molar-refractivity contribution in [2.45, 2.75) is 19.9 Å². The van der Waals surface area contributed by atoms with Crippen molar-refractivity contribution in [2.24, 2.45) is 0 Å². The second-order valence-electron chi connectivity index (χ2n) is 6.25. The minimum atomic E-state index is 0.684. The highest BCUT2D eigenvalue weighted by Crippen LogP contribution is 2.20. The Morgan fingerprint density at radius 2 is 1.93 bits per heavy atom. The zero-order valence-corrected chi connectivity index (χ0v) is 16.1. The second kappa shape index (κ2) is 6.27. The van der Waals surface area contributed by atoms with Crippen LogP contribution < -0.4 is 0 Å². The van der Waals surface area contributed by atoms with Gasteiger partial charge in [0.2, 0.25) is 0 Å². The smallest absolute Gasteiger partial charge is 0.170 e. The number of halogens is 1. The average Bonchev–Trinajstić information content (AvgIpc) is 3.37. The number of hydrogen-bond donors (Lipinski definition) is 0. The summed E-state index contributed by atoms with van der Waals surface area (Å²) in [4.78, 5) is 9.23. The maximum atomic E-state index is 4.70. The number of benzene rings is 1. The number of aryl methyl sites for hydroxylation is 3. The molecule has 8 nitrogen and oxygen atoms in total. The maximum absolute atomic E-state index is 4.70. The summed E-state index contributed by atoms with van der Waals surface area (Å²) in [5.41, 5.74) is 3.45. The van der Waals surface area contributed by atoms with Crippen LogP contribution in [0.3, 0.4) is 0 Å². The first-order valence-corrected chi connectivity index (χ1v) is 9.31. The Morgan fingerprint density at radius 3 is 2.70 bits per heavy atom. The predicted molar refractivity (Wildman–Crippen MR) is 104 cm³/mol. The van der Waals surface area contributed by atoms with E-state index < -0.39 is 0 Å². The molecule has 134 valence electrons. The van der Waals surface area contributed by atoms with Crippen LogP contribution in [0.25, 0.3) is 22.4 Å². The van der Waals surface area contributed by atoms with Crippen LogP contribution in [0.15, 0.2) is 53.5 Å². The van der Waals surface area contributed by atoms with E-state index in [1.807, 2.05) is 52.8 Å². The molecule has 0 amide bonds. The lowest BCUT2D eigenvalue weighted by Crippen LogP contribution is -2.03. The van der Waals surface area contributed by atoms with Gasteiger partial charge in [-0.1, -0.05) is 18.2 Å². The van der Waals surface area contributed by atoms with Crippen LogP contribution in [0.2, 0.25) is 0 Å². The number of rotatable bonds is 4. The van der Waals surface area contributed by atoms with Gasteiger partial charge in [-0.3, -0.25) is 4.68 Å². The molecule has 0 aliphatic heterocycles. The quantitative estimate of drug-likeness (QED) is 0.444. The van der Waals surface area contributed by atoms with E-state index in [9.17, 15) is 0 Å². The summed E-state index contributed by atoms with van der Waals surface area (Å²) >= 11 is 3.48. The summed E-state index contributed by atoms with van der Waals surface area (Å²) in [7, 11) is 0. The Balaban J connectivity index is 1.50. The van der Waals surface area contributed by atoms with E-state index in [0.717, 1.165) is 38.4 Å². The molecule has 9 heteroatoms. The summed E-state index contributed by atoms with van der Waals surface area (Å²) in [5, 5.41) is 14.3. The summed E-state index contributed by atoms with van der Waals surface area (Å²) in [6, 6.07) is 9.93. The van der Waals surface area contributed by atoms with Crippen LogP contribution in [0.5, 0.6) is 0 Å². The topological polar surface area (TPSA) is 78.7 Å². The molecule has 0 spiro atoms. The van der Waals surface area contributed by atoms with Gasteiger partial charge in [-0.15, -0.1) is 5.10 Å². The first kappa shape index (κ1) is 16.1. The van der Waals surface area contributed by atoms with Crippen LogP contribution in [0, 0.1) is 6.92 Å². The van der Waals surface area contributed by atoms with E-state index in [-0.39, 0.29) is 0 Å². The minimum absolute atomic E-state index is 0.684. The molecule has 1 aromatic carbocycles. The number of hydrogen-bond acceptors (Lipinski definition) is 5. The van der Waals surface area contributed by atoms with Gasteiger partial charge in [0.05, 0.1) is 27.4 Å². The largest absolute Gasteiger partial charge is 0.271 e. The number of fused-ring (bicyclic) bond motifs is 3. The second-order valence-corrected chi connectivity index (χ2v) is 7.10. The lowest BCUT2D eigenvalue weighted by Gasteiger charge is -2.01. The molecule has 0 saturated carbocycles. The number of aromatic nitrogens is 8. The van der Waals surface area contributed by atoms with Crippen LogP contribution in [0.1, 0.15) is 11.5 Å². The lowest BCUT2D eigenvalue weighted by atomic mass is 10.3. The standard InChI is InChI=1S/C18H15BrN8/c1-12-15(19)10-25(23-12)8-7-16-22-18-14-9-21-27(13-5-3-2-4-6-13)17(14)20-11-26(18)24-16/h2-6,9-11H,7-8H2,1H3. The van der Waals surface area contributed by atoms with Crippen LogP contribution in [0.4, 0.5) is 0 Å². The molecule has 0 atom stereocenters. The van der Waals surface area contributed by atoms with Crippen LogP contribution in [-0.4, -0.2) is 39.1 Å². The van der Waals surface area contributed by atoms with Crippen LogP contribution >= 0.6 is 15.9 Å². The van der Waals surface area contributed by atoms with E-state index in [1.165, 1.54) is 0 Å². The molecule has 0 N–H and O–H groups in total. The molecule has 5 aromatic rings. The molecule has 0 aliphatic rings. The van der Waals surface area contributed by atoms with Crippen molar-refractivity contribution in [1.29, 1.82) is 0 Å². The first-order valence-electron chi connectivity index (χ1n) is 8.52. The normalized spacial score (nSPS) is 11.6. The van der Waals surface area contributed by atoms with Gasteiger partial charge in [-0.05, 0) is 35.0 Å². The van der Waals surface area contributed by atoms with Crippen molar-refractivity contribution in [1.82, 2.24) is 39.1 Å².